The summed E-state index contributed by atoms with van der Waals surface area (Å²) in [5, 5.41) is 4.65. The van der Waals surface area contributed by atoms with Gasteiger partial charge in [0.25, 0.3) is 17.7 Å². The first-order chi connectivity index (χ1) is 13.6. The van der Waals surface area contributed by atoms with Gasteiger partial charge in [-0.15, -0.1) is 11.3 Å². The van der Waals surface area contributed by atoms with E-state index < -0.39 is 17.7 Å². The number of nitrogens with one attached hydrogen (secondary N) is 1. The zero-order valence-corrected chi connectivity index (χ0v) is 16.1. The molecule has 0 spiro atoms. The van der Waals surface area contributed by atoms with Crippen LogP contribution in [0, 0.1) is 0 Å². The van der Waals surface area contributed by atoms with Crippen LogP contribution in [0.3, 0.4) is 0 Å². The molecule has 0 saturated heterocycles. The second kappa shape index (κ2) is 7.05. The highest BCUT2D eigenvalue weighted by Gasteiger charge is 2.41. The van der Waals surface area contributed by atoms with Crippen LogP contribution >= 0.6 is 11.3 Å². The molecule has 4 rings (SSSR count). The molecule has 0 bridgehead atoms. The normalized spacial score (nSPS) is 13.1. The van der Waals surface area contributed by atoms with Crippen molar-refractivity contribution >= 4 is 40.0 Å². The molecule has 3 amide bonds. The van der Waals surface area contributed by atoms with E-state index in [4.69, 9.17) is 4.74 Å². The minimum absolute atomic E-state index is 0.265. The molecule has 28 heavy (non-hydrogen) atoms. The van der Waals surface area contributed by atoms with Crippen molar-refractivity contribution in [2.45, 2.75) is 19.8 Å². The number of benzene rings is 1. The lowest BCUT2D eigenvalue weighted by Gasteiger charge is -2.15. The first kappa shape index (κ1) is 18.1. The molecule has 3 heterocycles. The second-order valence-corrected chi connectivity index (χ2v) is 7.06. The Morgan fingerprint density at radius 2 is 1.93 bits per heavy atom. The number of hydrogen-bond acceptors (Lipinski definition) is 6. The molecule has 0 radical (unpaired) electrons. The zero-order chi connectivity index (χ0) is 19.8. The largest absolute Gasteiger partial charge is 0.495 e. The van der Waals surface area contributed by atoms with Gasteiger partial charge < -0.3 is 4.74 Å². The maximum absolute atomic E-state index is 13.1. The number of imide groups is 1. The van der Waals surface area contributed by atoms with Crippen LogP contribution in [0.5, 0.6) is 5.75 Å². The number of methoxy groups -OCH3 is 1. The van der Waals surface area contributed by atoms with Crippen molar-refractivity contribution in [1.82, 2.24) is 15.4 Å². The molecular weight excluding hydrogens is 378 g/mol. The number of hydrogen-bond donors (Lipinski definition) is 1. The lowest BCUT2D eigenvalue weighted by molar-refractivity contribution is 0.0517. The van der Waals surface area contributed by atoms with Crippen molar-refractivity contribution in [1.29, 1.82) is 0 Å². The Labute approximate surface area is 164 Å². The highest BCUT2D eigenvalue weighted by Crippen LogP contribution is 2.32. The maximum atomic E-state index is 13.1. The number of fused-ring (bicyclic) bond motifs is 3. The number of amides is 3. The molecule has 8 heteroatoms. The van der Waals surface area contributed by atoms with Gasteiger partial charge in [-0.2, -0.15) is 5.01 Å². The Morgan fingerprint density at radius 3 is 2.68 bits per heavy atom. The van der Waals surface area contributed by atoms with E-state index in [-0.39, 0.29) is 16.7 Å². The minimum atomic E-state index is -0.582. The SMILES string of the molecule is CCCc1nc2ccccc2c2c1C(=O)N(NC(=O)c1cscc1OC)C2=O. The predicted molar refractivity (Wildman–Crippen MR) is 105 cm³/mol. The molecule has 0 aliphatic carbocycles. The fraction of sp³-hybridized carbons (Fsp3) is 0.200. The quantitative estimate of drug-likeness (QED) is 0.670. The highest BCUT2D eigenvalue weighted by atomic mass is 32.1. The van der Waals surface area contributed by atoms with Gasteiger partial charge >= 0.3 is 0 Å². The molecule has 1 aromatic carbocycles. The monoisotopic (exact) mass is 395 g/mol. The van der Waals surface area contributed by atoms with Crippen molar-refractivity contribution in [3.05, 3.63) is 57.4 Å². The van der Waals surface area contributed by atoms with Gasteiger partial charge in [0.05, 0.1) is 35.0 Å². The molecular formula is C20H17N3O4S. The standard InChI is InChI=1S/C20H17N3O4S/c1-3-6-14-17-16(11-7-4-5-8-13(11)21-14)19(25)23(20(17)26)22-18(24)12-9-28-10-15(12)27-2/h4-5,7-10H,3,6H2,1-2H3,(H,22,24). The molecule has 2 aromatic heterocycles. The van der Waals surface area contributed by atoms with Crippen molar-refractivity contribution in [3.8, 4) is 5.75 Å². The average molecular weight is 395 g/mol. The first-order valence-electron chi connectivity index (χ1n) is 8.78. The molecule has 3 aromatic rings. The molecule has 1 aliphatic heterocycles. The summed E-state index contributed by atoms with van der Waals surface area (Å²) in [6, 6.07) is 7.19. The molecule has 1 aliphatic rings. The van der Waals surface area contributed by atoms with E-state index in [1.165, 1.54) is 18.4 Å². The number of aromatic nitrogens is 1. The Hall–Kier alpha value is -3.26. The van der Waals surface area contributed by atoms with Crippen LogP contribution in [0.25, 0.3) is 10.9 Å². The Kier molecular flexibility index (Phi) is 4.56. The first-order valence-corrected chi connectivity index (χ1v) is 9.72. The van der Waals surface area contributed by atoms with Gasteiger partial charge in [-0.3, -0.25) is 24.8 Å². The van der Waals surface area contributed by atoms with Crippen LogP contribution in [0.2, 0.25) is 0 Å². The lowest BCUT2D eigenvalue weighted by atomic mass is 10.0. The summed E-state index contributed by atoms with van der Waals surface area (Å²) in [5.41, 5.74) is 4.47. The summed E-state index contributed by atoms with van der Waals surface area (Å²) in [4.78, 5) is 43.3. The van der Waals surface area contributed by atoms with E-state index in [0.29, 0.717) is 28.8 Å². The number of aryl methyl sites for hydroxylation is 1. The van der Waals surface area contributed by atoms with E-state index >= 15 is 0 Å². The second-order valence-electron chi connectivity index (χ2n) is 6.32. The smallest absolute Gasteiger partial charge is 0.282 e. The minimum Gasteiger partial charge on any atom is -0.495 e. The third-order valence-corrected chi connectivity index (χ3v) is 5.31. The van der Waals surface area contributed by atoms with Crippen molar-refractivity contribution in [3.63, 3.8) is 0 Å². The number of pyridine rings is 1. The van der Waals surface area contributed by atoms with Crippen LogP contribution in [-0.4, -0.2) is 34.8 Å². The molecule has 0 fully saturated rings. The number of carbonyl (C=O) groups is 3. The Bertz CT molecular complexity index is 1120. The number of para-hydroxylation sites is 1. The number of thiophene rings is 1. The van der Waals surface area contributed by atoms with E-state index in [2.05, 4.69) is 10.4 Å². The average Bonchev–Trinajstić information content (AvgIpc) is 3.27. The van der Waals surface area contributed by atoms with Crippen LogP contribution in [-0.2, 0) is 6.42 Å². The van der Waals surface area contributed by atoms with Gasteiger partial charge in [0, 0.05) is 16.1 Å². The van der Waals surface area contributed by atoms with Crippen molar-refractivity contribution < 1.29 is 19.1 Å². The van der Waals surface area contributed by atoms with E-state index in [1.807, 2.05) is 19.1 Å². The fourth-order valence-electron chi connectivity index (χ4n) is 3.32. The highest BCUT2D eigenvalue weighted by molar-refractivity contribution is 7.08. The molecule has 0 saturated carbocycles. The maximum Gasteiger partial charge on any atom is 0.282 e. The van der Waals surface area contributed by atoms with Gasteiger partial charge in [0.2, 0.25) is 0 Å². The van der Waals surface area contributed by atoms with Gasteiger partial charge in [0.1, 0.15) is 5.75 Å². The summed E-state index contributed by atoms with van der Waals surface area (Å²) < 4.78 is 5.15. The summed E-state index contributed by atoms with van der Waals surface area (Å²) in [7, 11) is 1.45. The van der Waals surface area contributed by atoms with Gasteiger partial charge in [0.15, 0.2) is 0 Å². The zero-order valence-electron chi connectivity index (χ0n) is 15.3. The van der Waals surface area contributed by atoms with Crippen LogP contribution < -0.4 is 10.2 Å². The van der Waals surface area contributed by atoms with E-state index in [1.54, 1.807) is 22.9 Å². The Morgan fingerprint density at radius 1 is 1.18 bits per heavy atom. The van der Waals surface area contributed by atoms with Crippen LogP contribution in [0.1, 0.15) is 50.1 Å². The van der Waals surface area contributed by atoms with Crippen molar-refractivity contribution in [2.75, 3.05) is 7.11 Å². The molecule has 7 nitrogen and oxygen atoms in total. The third-order valence-electron chi connectivity index (χ3n) is 4.59. The number of nitrogens with zero attached hydrogens (tertiary/aromatic N) is 2. The van der Waals surface area contributed by atoms with Gasteiger partial charge in [-0.25, -0.2) is 0 Å². The van der Waals surface area contributed by atoms with Crippen LogP contribution in [0.4, 0.5) is 0 Å². The topological polar surface area (TPSA) is 88.6 Å². The molecule has 0 atom stereocenters. The fourth-order valence-corrected chi connectivity index (χ4v) is 4.10. The summed E-state index contributed by atoms with van der Waals surface area (Å²) >= 11 is 1.29. The predicted octanol–water partition coefficient (Wildman–Crippen LogP) is 3.20. The Balaban J connectivity index is 1.77. The molecule has 1 N–H and O–H groups in total. The number of ether oxygens (including phenoxy) is 1. The summed E-state index contributed by atoms with van der Waals surface area (Å²) in [5.74, 6) is -1.32. The van der Waals surface area contributed by atoms with E-state index in [0.717, 1.165) is 11.4 Å². The summed E-state index contributed by atoms with van der Waals surface area (Å²) in [6.45, 7) is 1.98. The molecule has 142 valence electrons. The molecule has 0 unspecified atom stereocenters. The summed E-state index contributed by atoms with van der Waals surface area (Å²) in [6.07, 6.45) is 1.34. The van der Waals surface area contributed by atoms with Gasteiger partial charge in [-0.1, -0.05) is 31.5 Å². The van der Waals surface area contributed by atoms with Crippen LogP contribution in [0.15, 0.2) is 35.0 Å². The number of hydrazine groups is 1. The van der Waals surface area contributed by atoms with Gasteiger partial charge in [-0.05, 0) is 12.5 Å². The number of rotatable bonds is 5. The third kappa shape index (κ3) is 2.73. The van der Waals surface area contributed by atoms with Crippen molar-refractivity contribution in [2.24, 2.45) is 0 Å². The van der Waals surface area contributed by atoms with E-state index in [9.17, 15) is 14.4 Å². The number of carbonyl (C=O) groups excluding carboxylic acids is 3. The lowest BCUT2D eigenvalue weighted by Crippen LogP contribution is -2.45.